The van der Waals surface area contributed by atoms with E-state index in [1.807, 2.05) is 24.3 Å². The van der Waals surface area contributed by atoms with Gasteiger partial charge in [-0.15, -0.1) is 0 Å². The van der Waals surface area contributed by atoms with Gasteiger partial charge < -0.3 is 15.6 Å². The van der Waals surface area contributed by atoms with Crippen molar-refractivity contribution in [2.24, 2.45) is 10.7 Å². The third-order valence-corrected chi connectivity index (χ3v) is 4.59. The Morgan fingerprint density at radius 1 is 1.43 bits per heavy atom. The number of thioether (sulfide) groups is 1. The molecule has 120 valence electrons. The number of aliphatic imine (C=N–C) groups is 1. The molecule has 0 radical (unpaired) electrons. The predicted molar refractivity (Wildman–Crippen MR) is 91.7 cm³/mol. The summed E-state index contributed by atoms with van der Waals surface area (Å²) in [6, 6.07) is 9.27. The number of hydrogen-bond donors (Lipinski definition) is 2. The van der Waals surface area contributed by atoms with E-state index in [4.69, 9.17) is 10.3 Å². The molecule has 1 unspecified atom stereocenters. The molecule has 23 heavy (non-hydrogen) atoms. The minimum Gasteiger partial charge on any atom is -0.379 e. The maximum atomic E-state index is 12.2. The molecular formula is C16H18N4O2S. The fourth-order valence-electron chi connectivity index (χ4n) is 2.50. The van der Waals surface area contributed by atoms with Gasteiger partial charge in [-0.3, -0.25) is 9.79 Å². The van der Waals surface area contributed by atoms with Gasteiger partial charge in [0.1, 0.15) is 5.76 Å². The Morgan fingerprint density at radius 3 is 2.96 bits per heavy atom. The zero-order valence-electron chi connectivity index (χ0n) is 13.0. The number of aromatic nitrogens is 1. The normalized spacial score (nSPS) is 20.9. The Bertz CT molecular complexity index is 771. The number of carbonyl (C=O) groups excluding carboxylic acids is 1. The standard InChI is InChI=1S/C16H18N4O2S/c1-10-8-13(20-22-10)14(21)18-12-5-3-4-11(9-12)16(2)6-7-23-15(17)19-16/h3-5,8-9H,6-7H2,1-2H3,(H2,17,19)(H,18,21). The van der Waals surface area contributed by atoms with Gasteiger partial charge >= 0.3 is 0 Å². The molecule has 6 nitrogen and oxygen atoms in total. The van der Waals surface area contributed by atoms with E-state index in [1.54, 1.807) is 24.8 Å². The van der Waals surface area contributed by atoms with Crippen molar-refractivity contribution in [1.82, 2.24) is 5.16 Å². The van der Waals surface area contributed by atoms with E-state index in [2.05, 4.69) is 22.4 Å². The number of anilines is 1. The maximum absolute atomic E-state index is 12.2. The molecule has 7 heteroatoms. The van der Waals surface area contributed by atoms with E-state index in [0.717, 1.165) is 17.7 Å². The van der Waals surface area contributed by atoms with Crippen LogP contribution in [0.3, 0.4) is 0 Å². The molecule has 0 saturated carbocycles. The van der Waals surface area contributed by atoms with E-state index in [-0.39, 0.29) is 17.1 Å². The molecule has 1 aliphatic rings. The Labute approximate surface area is 138 Å². The predicted octanol–water partition coefficient (Wildman–Crippen LogP) is 2.90. The van der Waals surface area contributed by atoms with Crippen LogP contribution in [0.2, 0.25) is 0 Å². The minimum absolute atomic E-state index is 0.260. The fourth-order valence-corrected chi connectivity index (χ4v) is 3.47. The quantitative estimate of drug-likeness (QED) is 0.902. The van der Waals surface area contributed by atoms with Crippen LogP contribution in [-0.2, 0) is 5.54 Å². The third kappa shape index (κ3) is 3.39. The summed E-state index contributed by atoms with van der Waals surface area (Å²) in [5.41, 5.74) is 7.49. The molecule has 2 heterocycles. The van der Waals surface area contributed by atoms with E-state index in [0.29, 0.717) is 16.6 Å². The SMILES string of the molecule is Cc1cc(C(=O)Nc2cccc(C3(C)CCSC(N)=N3)c2)no1. The lowest BCUT2D eigenvalue weighted by Gasteiger charge is -2.30. The molecule has 3 rings (SSSR count). The van der Waals surface area contributed by atoms with Crippen LogP contribution in [0.1, 0.15) is 35.2 Å². The zero-order valence-corrected chi connectivity index (χ0v) is 13.8. The second-order valence-corrected chi connectivity index (χ2v) is 6.80. The van der Waals surface area contributed by atoms with Gasteiger partial charge in [-0.25, -0.2) is 0 Å². The van der Waals surface area contributed by atoms with E-state index >= 15 is 0 Å². The molecule has 1 atom stereocenters. The Hall–Kier alpha value is -2.28. The first-order chi connectivity index (χ1) is 11.0. The van der Waals surface area contributed by atoms with Gasteiger partial charge in [0, 0.05) is 17.5 Å². The lowest BCUT2D eigenvalue weighted by atomic mass is 9.89. The number of amidine groups is 1. The van der Waals surface area contributed by atoms with Crippen LogP contribution in [0, 0.1) is 6.92 Å². The molecule has 0 spiro atoms. The smallest absolute Gasteiger partial charge is 0.277 e. The summed E-state index contributed by atoms with van der Waals surface area (Å²) in [6.45, 7) is 3.80. The summed E-state index contributed by atoms with van der Waals surface area (Å²) in [6.07, 6.45) is 0.901. The number of nitrogens with two attached hydrogens (primary N) is 1. The van der Waals surface area contributed by atoms with Crippen LogP contribution in [0.4, 0.5) is 5.69 Å². The molecule has 0 bridgehead atoms. The first-order valence-electron chi connectivity index (χ1n) is 7.30. The van der Waals surface area contributed by atoms with Gasteiger partial charge in [0.25, 0.3) is 5.91 Å². The van der Waals surface area contributed by atoms with Gasteiger partial charge in [0.2, 0.25) is 0 Å². The van der Waals surface area contributed by atoms with Gasteiger partial charge in [-0.05, 0) is 38.0 Å². The van der Waals surface area contributed by atoms with Crippen molar-refractivity contribution in [2.45, 2.75) is 25.8 Å². The van der Waals surface area contributed by atoms with Crippen molar-refractivity contribution in [2.75, 3.05) is 11.1 Å². The largest absolute Gasteiger partial charge is 0.379 e. The molecule has 0 saturated heterocycles. The number of benzene rings is 1. The number of nitrogens with zero attached hydrogens (tertiary/aromatic N) is 2. The summed E-state index contributed by atoms with van der Waals surface area (Å²) in [7, 11) is 0. The fraction of sp³-hybridized carbons (Fsp3) is 0.312. The molecular weight excluding hydrogens is 312 g/mol. The van der Waals surface area contributed by atoms with E-state index in [9.17, 15) is 4.79 Å². The summed E-state index contributed by atoms with van der Waals surface area (Å²) < 4.78 is 4.93. The Morgan fingerprint density at radius 2 is 2.26 bits per heavy atom. The number of aryl methyl sites for hydroxylation is 1. The molecule has 1 aliphatic heterocycles. The summed E-state index contributed by atoms with van der Waals surface area (Å²) >= 11 is 1.57. The monoisotopic (exact) mass is 330 g/mol. The number of nitrogens with one attached hydrogen (secondary N) is 1. The maximum Gasteiger partial charge on any atom is 0.277 e. The number of rotatable bonds is 3. The lowest BCUT2D eigenvalue weighted by molar-refractivity contribution is 0.101. The highest BCUT2D eigenvalue weighted by molar-refractivity contribution is 8.13. The van der Waals surface area contributed by atoms with Crippen LogP contribution in [0.15, 0.2) is 39.8 Å². The second-order valence-electron chi connectivity index (χ2n) is 5.68. The molecule has 1 aromatic heterocycles. The first kappa shape index (κ1) is 15.6. The van der Waals surface area contributed by atoms with Crippen molar-refractivity contribution in [1.29, 1.82) is 0 Å². The van der Waals surface area contributed by atoms with Crippen molar-refractivity contribution in [3.05, 3.63) is 47.3 Å². The van der Waals surface area contributed by atoms with E-state index in [1.165, 1.54) is 0 Å². The molecule has 2 aromatic rings. The van der Waals surface area contributed by atoms with Gasteiger partial charge in [-0.2, -0.15) is 0 Å². The van der Waals surface area contributed by atoms with E-state index < -0.39 is 0 Å². The number of hydrogen-bond acceptors (Lipinski definition) is 6. The van der Waals surface area contributed by atoms with Crippen LogP contribution >= 0.6 is 11.8 Å². The topological polar surface area (TPSA) is 93.5 Å². The first-order valence-corrected chi connectivity index (χ1v) is 8.28. The van der Waals surface area contributed by atoms with Gasteiger partial charge in [-0.1, -0.05) is 29.1 Å². The zero-order chi connectivity index (χ0) is 16.4. The van der Waals surface area contributed by atoms with Crippen LogP contribution in [-0.4, -0.2) is 22.0 Å². The highest BCUT2D eigenvalue weighted by Crippen LogP contribution is 2.35. The van der Waals surface area contributed by atoms with Crippen molar-refractivity contribution >= 4 is 28.5 Å². The minimum atomic E-state index is -0.361. The molecule has 1 amide bonds. The molecule has 0 aliphatic carbocycles. The average molecular weight is 330 g/mol. The molecule has 0 fully saturated rings. The highest BCUT2D eigenvalue weighted by atomic mass is 32.2. The summed E-state index contributed by atoms with van der Waals surface area (Å²) in [5.74, 6) is 1.23. The van der Waals surface area contributed by atoms with Crippen LogP contribution < -0.4 is 11.1 Å². The van der Waals surface area contributed by atoms with Crippen molar-refractivity contribution in [3.8, 4) is 0 Å². The van der Waals surface area contributed by atoms with Crippen molar-refractivity contribution < 1.29 is 9.32 Å². The second kappa shape index (κ2) is 6.08. The summed E-state index contributed by atoms with van der Waals surface area (Å²) in [5, 5.41) is 7.16. The number of amides is 1. The molecule has 1 aromatic carbocycles. The van der Waals surface area contributed by atoms with Gasteiger partial charge in [0.15, 0.2) is 10.9 Å². The summed E-state index contributed by atoms with van der Waals surface area (Å²) in [4.78, 5) is 16.7. The number of carbonyl (C=O) groups is 1. The Kier molecular flexibility index (Phi) is 4.12. The van der Waals surface area contributed by atoms with Gasteiger partial charge in [0.05, 0.1) is 5.54 Å². The Balaban J connectivity index is 1.83. The highest BCUT2D eigenvalue weighted by Gasteiger charge is 2.29. The van der Waals surface area contributed by atoms with Crippen molar-refractivity contribution in [3.63, 3.8) is 0 Å². The lowest BCUT2D eigenvalue weighted by Crippen LogP contribution is -2.28. The van der Waals surface area contributed by atoms with Crippen LogP contribution in [0.25, 0.3) is 0 Å². The van der Waals surface area contributed by atoms with Crippen LogP contribution in [0.5, 0.6) is 0 Å². The average Bonchev–Trinajstić information content (AvgIpc) is 2.94. The third-order valence-electron chi connectivity index (χ3n) is 3.80. The molecule has 3 N–H and O–H groups in total.